The molecule has 0 saturated carbocycles. The van der Waals surface area contributed by atoms with Crippen LogP contribution >= 0.6 is 0 Å². The fraction of sp³-hybridized carbons (Fsp3) is 0.545. The predicted molar refractivity (Wildman–Crippen MR) is 109 cm³/mol. The zero-order valence-electron chi connectivity index (χ0n) is 16.9. The Labute approximate surface area is 166 Å². The second kappa shape index (κ2) is 8.35. The van der Waals surface area contributed by atoms with E-state index in [1.165, 1.54) is 19.3 Å². The lowest BCUT2D eigenvalue weighted by Gasteiger charge is -2.39. The molecular weight excluding hydrogens is 352 g/mol. The normalized spacial score (nSPS) is 21.5. The van der Waals surface area contributed by atoms with E-state index in [4.69, 9.17) is 4.74 Å². The molecule has 2 aliphatic rings. The van der Waals surface area contributed by atoms with Gasteiger partial charge in [-0.3, -0.25) is 14.4 Å². The van der Waals surface area contributed by atoms with Crippen molar-refractivity contribution in [3.8, 4) is 17.0 Å². The molecule has 0 aliphatic carbocycles. The van der Waals surface area contributed by atoms with Gasteiger partial charge >= 0.3 is 0 Å². The van der Waals surface area contributed by atoms with E-state index in [2.05, 4.69) is 29.2 Å². The van der Waals surface area contributed by atoms with Crippen molar-refractivity contribution in [2.24, 2.45) is 0 Å². The van der Waals surface area contributed by atoms with E-state index in [9.17, 15) is 4.79 Å². The average Bonchev–Trinajstić information content (AvgIpc) is 3.10. The minimum Gasteiger partial charge on any atom is -0.488 e. The largest absolute Gasteiger partial charge is 0.488 e. The summed E-state index contributed by atoms with van der Waals surface area (Å²) < 4.78 is 7.56. The number of rotatable bonds is 6. The summed E-state index contributed by atoms with van der Waals surface area (Å²) >= 11 is 0. The van der Waals surface area contributed by atoms with Crippen LogP contribution in [-0.2, 0) is 17.9 Å². The lowest BCUT2D eigenvalue weighted by Crippen LogP contribution is -2.44. The molecule has 1 N–H and O–H groups in total. The van der Waals surface area contributed by atoms with Crippen molar-refractivity contribution < 1.29 is 9.53 Å². The maximum atomic E-state index is 12.5. The van der Waals surface area contributed by atoms with Gasteiger partial charge in [0.1, 0.15) is 18.9 Å². The average molecular weight is 383 g/mol. The molecule has 150 valence electrons. The van der Waals surface area contributed by atoms with Crippen molar-refractivity contribution in [3.63, 3.8) is 0 Å². The molecule has 0 spiro atoms. The zero-order chi connectivity index (χ0) is 19.5. The molecule has 28 heavy (non-hydrogen) atoms. The van der Waals surface area contributed by atoms with Gasteiger partial charge in [0.2, 0.25) is 5.91 Å². The standard InChI is InChI=1S/C22H30N4O2/c1-16-7-5-8-17(2)25(16)12-6-11-23-21(27)14-26-22-18(13-24-26)15-28-20-10-4-3-9-19(20)22/h3-4,9-10,13,16-17H,5-8,11-12,14-15H2,1-2H3,(H,23,27)/t16-,17+. The molecule has 4 rings (SSSR count). The third kappa shape index (κ3) is 3.92. The van der Waals surface area contributed by atoms with Crippen LogP contribution in [0.4, 0.5) is 0 Å². The molecule has 1 amide bonds. The Bertz CT molecular complexity index is 822. The first kappa shape index (κ1) is 19.0. The van der Waals surface area contributed by atoms with E-state index < -0.39 is 0 Å². The second-order valence-electron chi connectivity index (χ2n) is 8.03. The van der Waals surface area contributed by atoms with Gasteiger partial charge in [0.05, 0.1) is 11.9 Å². The quantitative estimate of drug-likeness (QED) is 0.780. The molecule has 1 aromatic heterocycles. The molecule has 1 fully saturated rings. The summed E-state index contributed by atoms with van der Waals surface area (Å²) in [6.45, 7) is 7.12. The third-order valence-electron chi connectivity index (χ3n) is 6.03. The molecule has 6 heteroatoms. The Morgan fingerprint density at radius 2 is 2.04 bits per heavy atom. The van der Waals surface area contributed by atoms with Crippen LogP contribution in [0.2, 0.25) is 0 Å². The number of hydrogen-bond acceptors (Lipinski definition) is 4. The van der Waals surface area contributed by atoms with Gasteiger partial charge in [-0.05, 0) is 45.2 Å². The minimum absolute atomic E-state index is 0.00890. The maximum absolute atomic E-state index is 12.5. The van der Waals surface area contributed by atoms with Gasteiger partial charge in [0.15, 0.2) is 0 Å². The highest BCUT2D eigenvalue weighted by atomic mass is 16.5. The van der Waals surface area contributed by atoms with Gasteiger partial charge < -0.3 is 10.1 Å². The number of para-hydroxylation sites is 1. The Morgan fingerprint density at radius 1 is 1.25 bits per heavy atom. The van der Waals surface area contributed by atoms with Gasteiger partial charge in [-0.2, -0.15) is 5.10 Å². The highest BCUT2D eigenvalue weighted by Crippen LogP contribution is 2.36. The maximum Gasteiger partial charge on any atom is 0.241 e. The van der Waals surface area contributed by atoms with Gasteiger partial charge in [-0.1, -0.05) is 18.6 Å². The molecule has 6 nitrogen and oxygen atoms in total. The molecule has 2 aliphatic heterocycles. The number of hydrogen-bond donors (Lipinski definition) is 1. The number of nitrogens with one attached hydrogen (secondary N) is 1. The first-order chi connectivity index (χ1) is 13.6. The van der Waals surface area contributed by atoms with Crippen molar-refractivity contribution in [2.75, 3.05) is 13.1 Å². The minimum atomic E-state index is 0.00890. The fourth-order valence-electron chi connectivity index (χ4n) is 4.50. The van der Waals surface area contributed by atoms with E-state index in [0.717, 1.165) is 35.5 Å². The lowest BCUT2D eigenvalue weighted by atomic mass is 9.97. The van der Waals surface area contributed by atoms with Crippen molar-refractivity contribution >= 4 is 5.91 Å². The number of carbonyl (C=O) groups is 1. The highest BCUT2D eigenvalue weighted by Gasteiger charge is 2.24. The summed E-state index contributed by atoms with van der Waals surface area (Å²) in [6, 6.07) is 9.22. The van der Waals surface area contributed by atoms with Crippen LogP contribution < -0.4 is 10.1 Å². The van der Waals surface area contributed by atoms with Gasteiger partial charge in [-0.25, -0.2) is 0 Å². The number of carbonyl (C=O) groups excluding carboxylic acids is 1. The summed E-state index contributed by atoms with van der Waals surface area (Å²) in [4.78, 5) is 15.1. The molecule has 0 unspecified atom stereocenters. The first-order valence-electron chi connectivity index (χ1n) is 10.4. The summed E-state index contributed by atoms with van der Waals surface area (Å²) in [5.74, 6) is 0.858. The molecular formula is C22H30N4O2. The predicted octanol–water partition coefficient (Wildman–Crippen LogP) is 3.21. The monoisotopic (exact) mass is 382 g/mol. The van der Waals surface area contributed by atoms with E-state index in [1.54, 1.807) is 10.9 Å². The van der Waals surface area contributed by atoms with Crippen LogP contribution in [0.15, 0.2) is 30.5 Å². The van der Waals surface area contributed by atoms with Crippen molar-refractivity contribution in [1.82, 2.24) is 20.0 Å². The smallest absolute Gasteiger partial charge is 0.241 e. The summed E-state index contributed by atoms with van der Waals surface area (Å²) in [5, 5.41) is 7.49. The Hall–Kier alpha value is -2.34. The number of likely N-dealkylation sites (tertiary alicyclic amines) is 1. The first-order valence-corrected chi connectivity index (χ1v) is 10.4. The summed E-state index contributed by atoms with van der Waals surface area (Å²) in [7, 11) is 0. The zero-order valence-corrected chi connectivity index (χ0v) is 16.9. The van der Waals surface area contributed by atoms with Gasteiger partial charge in [0, 0.05) is 36.3 Å². The molecule has 2 aromatic rings. The van der Waals surface area contributed by atoms with Crippen molar-refractivity contribution in [3.05, 3.63) is 36.0 Å². The second-order valence-corrected chi connectivity index (χ2v) is 8.03. The Kier molecular flexibility index (Phi) is 5.67. The number of ether oxygens (including phenoxy) is 1. The van der Waals surface area contributed by atoms with E-state index in [0.29, 0.717) is 25.2 Å². The van der Waals surface area contributed by atoms with E-state index in [-0.39, 0.29) is 12.5 Å². The number of nitrogens with zero attached hydrogens (tertiary/aromatic N) is 3. The molecule has 3 heterocycles. The van der Waals surface area contributed by atoms with Crippen LogP contribution in [0.1, 0.15) is 45.1 Å². The molecule has 2 atom stereocenters. The Balaban J connectivity index is 1.30. The van der Waals surface area contributed by atoms with Crippen molar-refractivity contribution in [1.29, 1.82) is 0 Å². The number of benzene rings is 1. The fourth-order valence-corrected chi connectivity index (χ4v) is 4.50. The summed E-state index contributed by atoms with van der Waals surface area (Å²) in [6.07, 6.45) is 6.68. The van der Waals surface area contributed by atoms with Crippen molar-refractivity contribution in [2.45, 2.75) is 64.8 Å². The number of amides is 1. The van der Waals surface area contributed by atoms with Crippen LogP contribution in [0, 0.1) is 0 Å². The SMILES string of the molecule is C[C@@H]1CCC[C@H](C)N1CCCNC(=O)Cn1ncc2c1-c1ccccc1OC2. The van der Waals surface area contributed by atoms with E-state index >= 15 is 0 Å². The molecule has 0 radical (unpaired) electrons. The Morgan fingerprint density at radius 3 is 2.86 bits per heavy atom. The van der Waals surface area contributed by atoms with Gasteiger partial charge in [0.25, 0.3) is 0 Å². The number of piperidine rings is 1. The van der Waals surface area contributed by atoms with E-state index in [1.807, 2.05) is 24.3 Å². The van der Waals surface area contributed by atoms with Crippen LogP contribution in [0.3, 0.4) is 0 Å². The topological polar surface area (TPSA) is 59.4 Å². The van der Waals surface area contributed by atoms with Crippen LogP contribution in [0.5, 0.6) is 5.75 Å². The molecule has 1 saturated heterocycles. The number of aromatic nitrogens is 2. The number of fused-ring (bicyclic) bond motifs is 3. The third-order valence-corrected chi connectivity index (χ3v) is 6.03. The lowest BCUT2D eigenvalue weighted by molar-refractivity contribution is -0.121. The van der Waals surface area contributed by atoms with Crippen LogP contribution in [0.25, 0.3) is 11.3 Å². The highest BCUT2D eigenvalue weighted by molar-refractivity contribution is 5.78. The molecule has 0 bridgehead atoms. The van der Waals surface area contributed by atoms with Crippen LogP contribution in [-0.4, -0.2) is 45.8 Å². The summed E-state index contributed by atoms with van der Waals surface area (Å²) in [5.41, 5.74) is 3.02. The van der Waals surface area contributed by atoms with Gasteiger partial charge in [-0.15, -0.1) is 0 Å². The molecule has 1 aromatic carbocycles.